The predicted molar refractivity (Wildman–Crippen MR) is 87.6 cm³/mol. The molecule has 4 heterocycles. The molecular weight excluding hydrogens is 290 g/mol. The maximum absolute atomic E-state index is 13.0. The minimum Gasteiger partial charge on any atom is -0.306 e. The number of fused-ring (bicyclic) bond motifs is 2. The van der Waals surface area contributed by atoms with Gasteiger partial charge in [-0.05, 0) is 38.0 Å². The van der Waals surface area contributed by atoms with Crippen molar-refractivity contribution >= 4 is 22.6 Å². The second-order valence-electron chi connectivity index (χ2n) is 5.71. The van der Waals surface area contributed by atoms with E-state index in [0.29, 0.717) is 12.1 Å². The number of anilines is 1. The monoisotopic (exact) mass is 307 g/mol. The van der Waals surface area contributed by atoms with Gasteiger partial charge in [0, 0.05) is 24.7 Å². The molecule has 4 rings (SSSR count). The van der Waals surface area contributed by atoms with Crippen molar-refractivity contribution in [3.8, 4) is 0 Å². The van der Waals surface area contributed by atoms with Gasteiger partial charge in [0.15, 0.2) is 5.65 Å². The van der Waals surface area contributed by atoms with E-state index in [2.05, 4.69) is 15.1 Å². The maximum atomic E-state index is 13.0. The van der Waals surface area contributed by atoms with Crippen LogP contribution in [0.1, 0.15) is 28.5 Å². The Labute approximate surface area is 133 Å². The summed E-state index contributed by atoms with van der Waals surface area (Å²) in [5.74, 6) is -0.0205. The lowest BCUT2D eigenvalue weighted by atomic mass is 10.1. The maximum Gasteiger partial charge on any atom is 0.260 e. The molecule has 0 saturated heterocycles. The number of carbonyl (C=O) groups is 1. The zero-order valence-electron chi connectivity index (χ0n) is 13.2. The van der Waals surface area contributed by atoms with E-state index in [4.69, 9.17) is 0 Å². The number of pyridine rings is 2. The standard InChI is InChI=1S/C17H17N5O/c1-3-22-16-13(9-19-22)8-14(11(2)20-16)17(23)21-7-5-12-4-6-18-10-15(12)21/h4,6,8-10H,3,5,7H2,1-2H3. The van der Waals surface area contributed by atoms with E-state index in [1.807, 2.05) is 30.7 Å². The van der Waals surface area contributed by atoms with E-state index in [-0.39, 0.29) is 5.91 Å². The summed E-state index contributed by atoms with van der Waals surface area (Å²) >= 11 is 0. The first-order valence-corrected chi connectivity index (χ1v) is 7.77. The summed E-state index contributed by atoms with van der Waals surface area (Å²) in [5, 5.41) is 5.20. The SMILES string of the molecule is CCn1ncc2cc(C(=O)N3CCc4ccncc43)c(C)nc21. The Balaban J connectivity index is 1.77. The van der Waals surface area contributed by atoms with Gasteiger partial charge in [-0.1, -0.05) is 0 Å². The average Bonchev–Trinajstić information content (AvgIpc) is 3.16. The summed E-state index contributed by atoms with van der Waals surface area (Å²) in [6.45, 7) is 5.34. The molecule has 0 unspecified atom stereocenters. The van der Waals surface area contributed by atoms with Crippen LogP contribution in [-0.4, -0.2) is 32.2 Å². The number of carbonyl (C=O) groups excluding carboxylic acids is 1. The van der Waals surface area contributed by atoms with Crippen molar-refractivity contribution in [2.24, 2.45) is 0 Å². The molecule has 0 atom stereocenters. The van der Waals surface area contributed by atoms with Crippen LogP contribution in [0.4, 0.5) is 5.69 Å². The van der Waals surface area contributed by atoms with Crippen molar-refractivity contribution < 1.29 is 4.79 Å². The van der Waals surface area contributed by atoms with Crippen LogP contribution in [0.15, 0.2) is 30.7 Å². The lowest BCUT2D eigenvalue weighted by Gasteiger charge is -2.18. The summed E-state index contributed by atoms with van der Waals surface area (Å²) in [5.41, 5.74) is 4.25. The van der Waals surface area contributed by atoms with E-state index >= 15 is 0 Å². The Morgan fingerprint density at radius 2 is 2.22 bits per heavy atom. The number of amides is 1. The molecule has 0 radical (unpaired) electrons. The summed E-state index contributed by atoms with van der Waals surface area (Å²) in [6.07, 6.45) is 6.16. The molecule has 0 bridgehead atoms. The molecule has 116 valence electrons. The Kier molecular flexibility index (Phi) is 3.11. The number of hydrogen-bond acceptors (Lipinski definition) is 4. The van der Waals surface area contributed by atoms with Crippen molar-refractivity contribution in [1.29, 1.82) is 0 Å². The molecule has 0 spiro atoms. The largest absolute Gasteiger partial charge is 0.306 e. The summed E-state index contributed by atoms with van der Waals surface area (Å²) < 4.78 is 1.84. The van der Waals surface area contributed by atoms with Crippen molar-refractivity contribution in [3.63, 3.8) is 0 Å². The van der Waals surface area contributed by atoms with E-state index in [0.717, 1.165) is 35.4 Å². The van der Waals surface area contributed by atoms with Crippen LogP contribution in [0.5, 0.6) is 0 Å². The fourth-order valence-corrected chi connectivity index (χ4v) is 3.12. The summed E-state index contributed by atoms with van der Waals surface area (Å²) in [7, 11) is 0. The van der Waals surface area contributed by atoms with Crippen LogP contribution < -0.4 is 4.90 Å². The Hall–Kier alpha value is -2.76. The van der Waals surface area contributed by atoms with Crippen LogP contribution in [0.2, 0.25) is 0 Å². The molecular formula is C17H17N5O. The van der Waals surface area contributed by atoms with Crippen LogP contribution in [-0.2, 0) is 13.0 Å². The third-order valence-corrected chi connectivity index (χ3v) is 4.36. The second kappa shape index (κ2) is 5.15. The molecule has 0 saturated carbocycles. The number of rotatable bonds is 2. The average molecular weight is 307 g/mol. The van der Waals surface area contributed by atoms with Crippen LogP contribution in [0.3, 0.4) is 0 Å². The molecule has 0 N–H and O–H groups in total. The number of hydrogen-bond donors (Lipinski definition) is 0. The molecule has 3 aromatic rings. The Bertz CT molecular complexity index is 914. The highest BCUT2D eigenvalue weighted by Gasteiger charge is 2.27. The highest BCUT2D eigenvalue weighted by Crippen LogP contribution is 2.29. The fourth-order valence-electron chi connectivity index (χ4n) is 3.12. The smallest absolute Gasteiger partial charge is 0.260 e. The Morgan fingerprint density at radius 3 is 3.04 bits per heavy atom. The number of aryl methyl sites for hydroxylation is 2. The lowest BCUT2D eigenvalue weighted by Crippen LogP contribution is -2.29. The van der Waals surface area contributed by atoms with Gasteiger partial charge >= 0.3 is 0 Å². The molecule has 6 heteroatoms. The lowest BCUT2D eigenvalue weighted by molar-refractivity contribution is 0.0988. The molecule has 0 aromatic carbocycles. The van der Waals surface area contributed by atoms with E-state index < -0.39 is 0 Å². The second-order valence-corrected chi connectivity index (χ2v) is 5.71. The van der Waals surface area contributed by atoms with Gasteiger partial charge in [0.05, 0.1) is 29.3 Å². The molecule has 0 aliphatic carbocycles. The first-order chi connectivity index (χ1) is 11.2. The molecule has 23 heavy (non-hydrogen) atoms. The molecule has 0 fully saturated rings. The highest BCUT2D eigenvalue weighted by molar-refractivity contribution is 6.09. The normalized spacial score (nSPS) is 13.6. The first-order valence-electron chi connectivity index (χ1n) is 7.77. The first kappa shape index (κ1) is 13.9. The van der Waals surface area contributed by atoms with Gasteiger partial charge in [0.25, 0.3) is 5.91 Å². The zero-order chi connectivity index (χ0) is 16.0. The van der Waals surface area contributed by atoms with Crippen molar-refractivity contribution in [2.75, 3.05) is 11.4 Å². The van der Waals surface area contributed by atoms with Gasteiger partial charge in [-0.25, -0.2) is 9.67 Å². The van der Waals surface area contributed by atoms with E-state index in [9.17, 15) is 4.79 Å². The zero-order valence-corrected chi connectivity index (χ0v) is 13.2. The van der Waals surface area contributed by atoms with E-state index in [1.165, 1.54) is 5.56 Å². The minimum atomic E-state index is -0.0205. The molecule has 3 aromatic heterocycles. The molecule has 1 amide bonds. The van der Waals surface area contributed by atoms with Gasteiger partial charge in [-0.3, -0.25) is 9.78 Å². The van der Waals surface area contributed by atoms with Crippen molar-refractivity contribution in [3.05, 3.63) is 47.5 Å². The fraction of sp³-hybridized carbons (Fsp3) is 0.294. The topological polar surface area (TPSA) is 63.9 Å². The van der Waals surface area contributed by atoms with Gasteiger partial charge in [-0.2, -0.15) is 5.10 Å². The summed E-state index contributed by atoms with van der Waals surface area (Å²) in [4.78, 5) is 23.5. The quantitative estimate of drug-likeness (QED) is 0.729. The van der Waals surface area contributed by atoms with Crippen LogP contribution >= 0.6 is 0 Å². The third-order valence-electron chi connectivity index (χ3n) is 4.36. The number of nitrogens with zero attached hydrogens (tertiary/aromatic N) is 5. The molecule has 1 aliphatic rings. The van der Waals surface area contributed by atoms with Crippen molar-refractivity contribution in [2.45, 2.75) is 26.8 Å². The Morgan fingerprint density at radius 1 is 1.35 bits per heavy atom. The molecule has 1 aliphatic heterocycles. The van der Waals surface area contributed by atoms with Gasteiger partial charge in [-0.15, -0.1) is 0 Å². The highest BCUT2D eigenvalue weighted by atomic mass is 16.2. The third kappa shape index (κ3) is 2.10. The summed E-state index contributed by atoms with van der Waals surface area (Å²) in [6, 6.07) is 3.87. The van der Waals surface area contributed by atoms with Gasteiger partial charge in [0.2, 0.25) is 0 Å². The van der Waals surface area contributed by atoms with Gasteiger partial charge in [0.1, 0.15) is 0 Å². The number of aromatic nitrogens is 4. The van der Waals surface area contributed by atoms with Gasteiger partial charge < -0.3 is 4.90 Å². The van der Waals surface area contributed by atoms with E-state index in [1.54, 1.807) is 23.5 Å². The molecule has 6 nitrogen and oxygen atoms in total. The van der Waals surface area contributed by atoms with Crippen LogP contribution in [0, 0.1) is 6.92 Å². The minimum absolute atomic E-state index is 0.0205. The van der Waals surface area contributed by atoms with Crippen molar-refractivity contribution in [1.82, 2.24) is 19.7 Å². The predicted octanol–water partition coefficient (Wildman–Crippen LogP) is 2.36. The van der Waals surface area contributed by atoms with Crippen LogP contribution in [0.25, 0.3) is 11.0 Å².